The van der Waals surface area contributed by atoms with Crippen LogP contribution in [0.5, 0.6) is 5.75 Å². The van der Waals surface area contributed by atoms with Gasteiger partial charge in [-0.05, 0) is 62.1 Å². The first kappa shape index (κ1) is 24.1. The lowest BCUT2D eigenvalue weighted by Crippen LogP contribution is -2.62. The third kappa shape index (κ3) is 2.88. The van der Waals surface area contributed by atoms with E-state index in [2.05, 4.69) is 15.5 Å². The molecule has 0 radical (unpaired) electrons. The molecule has 0 aromatic heterocycles. The molecule has 0 aliphatic carbocycles. The Morgan fingerprint density at radius 2 is 1.79 bits per heavy atom. The van der Waals surface area contributed by atoms with Crippen LogP contribution in [0.25, 0.3) is 0 Å². The summed E-state index contributed by atoms with van der Waals surface area (Å²) in [6.45, 7) is 5.19. The molecule has 7 heteroatoms. The monoisotopic (exact) mass is 521 g/mol. The van der Waals surface area contributed by atoms with E-state index in [0.29, 0.717) is 35.7 Å². The lowest BCUT2D eigenvalue weighted by Gasteiger charge is -2.43. The number of ketones is 1. The lowest BCUT2D eigenvalue weighted by atomic mass is 9.57. The quantitative estimate of drug-likeness (QED) is 0.471. The predicted molar refractivity (Wildman–Crippen MR) is 148 cm³/mol. The minimum atomic E-state index is -1.44. The normalized spacial score (nSPS) is 28.4. The molecule has 2 N–H and O–H groups in total. The Morgan fingerprint density at radius 3 is 2.64 bits per heavy atom. The highest BCUT2D eigenvalue weighted by Gasteiger charge is 2.81. The number of para-hydroxylation sites is 2. The molecule has 7 rings (SSSR count). The molecule has 39 heavy (non-hydrogen) atoms. The largest absolute Gasteiger partial charge is 0.494 e. The summed E-state index contributed by atoms with van der Waals surface area (Å²) in [5.74, 6) is -0.794. The molecule has 4 aliphatic rings. The van der Waals surface area contributed by atoms with Gasteiger partial charge in [-0.3, -0.25) is 19.3 Å². The Hall–Kier alpha value is -3.97. The van der Waals surface area contributed by atoms with Gasteiger partial charge in [-0.1, -0.05) is 55.5 Å². The van der Waals surface area contributed by atoms with Crippen molar-refractivity contribution >= 4 is 29.0 Å². The number of carbonyl (C=O) groups excluding carboxylic acids is 3. The Bertz CT molecular complexity index is 1550. The number of nitrogens with zero attached hydrogens (tertiary/aromatic N) is 1. The zero-order valence-electron chi connectivity index (χ0n) is 22.1. The zero-order valence-corrected chi connectivity index (χ0v) is 22.1. The molecular formula is C32H31N3O4. The van der Waals surface area contributed by atoms with E-state index in [1.807, 2.05) is 68.4 Å². The average molecular weight is 522 g/mol. The molecule has 4 atom stereocenters. The molecule has 2 fully saturated rings. The number of hydrogen-bond donors (Lipinski definition) is 2. The van der Waals surface area contributed by atoms with Gasteiger partial charge in [-0.25, -0.2) is 0 Å². The molecule has 7 nitrogen and oxygen atoms in total. The third-order valence-electron chi connectivity index (χ3n) is 9.21. The third-order valence-corrected chi connectivity index (χ3v) is 9.21. The number of Topliss-reactive ketones (excluding diaryl/α,β-unsaturated/α-hetero) is 1. The van der Waals surface area contributed by atoms with Crippen molar-refractivity contribution in [1.29, 1.82) is 0 Å². The van der Waals surface area contributed by atoms with Crippen LogP contribution >= 0.6 is 0 Å². The first-order valence-electron chi connectivity index (χ1n) is 13.8. The Labute approximate surface area is 227 Å². The van der Waals surface area contributed by atoms with Gasteiger partial charge in [0.2, 0.25) is 5.91 Å². The molecule has 3 aromatic rings. The van der Waals surface area contributed by atoms with Crippen molar-refractivity contribution in [3.05, 3.63) is 89.0 Å². The second-order valence-corrected chi connectivity index (χ2v) is 11.1. The number of hydrogen-bond acceptors (Lipinski definition) is 5. The van der Waals surface area contributed by atoms with E-state index >= 15 is 0 Å². The summed E-state index contributed by atoms with van der Waals surface area (Å²) in [4.78, 5) is 46.0. The summed E-state index contributed by atoms with van der Waals surface area (Å²) in [6.07, 6.45) is 2.44. The first-order chi connectivity index (χ1) is 19.0. The second kappa shape index (κ2) is 8.52. The standard InChI is InChI=1S/C32H31N3O4/c1-3-17-39-21-11-7-10-20(18-21)28(36)26-25-15-8-16-35(25)32(23-13-6-9-19(2)27(23)34-30(32)38)31(26)22-12-4-5-14-24(22)33-29(31)37/h4-7,9-14,18,25-26H,3,8,15-17H2,1-2H3,(H,33,37)(H,34,38)/t25-,26-,31+,32-/m1/s1. The number of amides is 2. The number of fused-ring (bicyclic) bond motifs is 7. The maximum atomic E-state index is 14.8. The highest BCUT2D eigenvalue weighted by atomic mass is 16.5. The lowest BCUT2D eigenvalue weighted by molar-refractivity contribution is -0.137. The molecule has 0 bridgehead atoms. The minimum absolute atomic E-state index is 0.133. The molecule has 4 heterocycles. The van der Waals surface area contributed by atoms with Gasteiger partial charge < -0.3 is 15.4 Å². The van der Waals surface area contributed by atoms with Crippen molar-refractivity contribution in [2.45, 2.75) is 50.1 Å². The van der Waals surface area contributed by atoms with Gasteiger partial charge in [0.15, 0.2) is 5.78 Å². The highest BCUT2D eigenvalue weighted by Crippen LogP contribution is 2.68. The van der Waals surface area contributed by atoms with E-state index in [1.165, 1.54) is 0 Å². The Kier molecular flexibility index (Phi) is 5.26. The number of benzene rings is 3. The zero-order chi connectivity index (χ0) is 26.9. The van der Waals surface area contributed by atoms with E-state index in [9.17, 15) is 14.4 Å². The molecule has 4 aliphatic heterocycles. The summed E-state index contributed by atoms with van der Waals surface area (Å²) in [5, 5.41) is 6.24. The summed E-state index contributed by atoms with van der Waals surface area (Å²) in [6, 6.07) is 20.4. The maximum absolute atomic E-state index is 14.8. The molecule has 0 saturated carbocycles. The fraction of sp³-hybridized carbons (Fsp3) is 0.344. The van der Waals surface area contributed by atoms with E-state index in [4.69, 9.17) is 4.74 Å². The van der Waals surface area contributed by atoms with E-state index in [1.54, 1.807) is 12.1 Å². The maximum Gasteiger partial charge on any atom is 0.251 e. The van der Waals surface area contributed by atoms with Crippen molar-refractivity contribution in [3.8, 4) is 5.75 Å². The molecule has 2 saturated heterocycles. The van der Waals surface area contributed by atoms with Crippen LogP contribution < -0.4 is 15.4 Å². The predicted octanol–water partition coefficient (Wildman–Crippen LogP) is 4.80. The average Bonchev–Trinajstić information content (AvgIpc) is 3.67. The fourth-order valence-electron chi connectivity index (χ4n) is 7.89. The summed E-state index contributed by atoms with van der Waals surface area (Å²) < 4.78 is 5.85. The smallest absolute Gasteiger partial charge is 0.251 e. The van der Waals surface area contributed by atoms with Gasteiger partial charge in [0.25, 0.3) is 5.91 Å². The van der Waals surface area contributed by atoms with Crippen LogP contribution in [0.4, 0.5) is 11.4 Å². The number of anilines is 2. The first-order valence-corrected chi connectivity index (χ1v) is 13.8. The van der Waals surface area contributed by atoms with Crippen molar-refractivity contribution in [2.75, 3.05) is 23.8 Å². The van der Waals surface area contributed by atoms with Gasteiger partial charge in [-0.2, -0.15) is 0 Å². The van der Waals surface area contributed by atoms with Crippen molar-refractivity contribution in [2.24, 2.45) is 5.92 Å². The highest BCUT2D eigenvalue weighted by molar-refractivity contribution is 6.21. The SMILES string of the molecule is CCCOc1cccc(C(=O)[C@H]2[C@H]3CCCN3[C@]3(C(=O)Nc4c(C)cccc43)[C@]23C(=O)Nc2ccccc23)c1. The topological polar surface area (TPSA) is 87.7 Å². The van der Waals surface area contributed by atoms with Crippen LogP contribution in [0.15, 0.2) is 66.7 Å². The summed E-state index contributed by atoms with van der Waals surface area (Å²) in [5.41, 5.74) is 1.55. The minimum Gasteiger partial charge on any atom is -0.494 e. The van der Waals surface area contributed by atoms with Gasteiger partial charge >= 0.3 is 0 Å². The molecular weight excluding hydrogens is 490 g/mol. The number of aryl methyl sites for hydroxylation is 1. The number of carbonyl (C=O) groups is 3. The molecule has 2 amide bonds. The van der Waals surface area contributed by atoms with E-state index < -0.39 is 16.9 Å². The molecule has 0 unspecified atom stereocenters. The van der Waals surface area contributed by atoms with Crippen LogP contribution in [0.2, 0.25) is 0 Å². The van der Waals surface area contributed by atoms with Crippen molar-refractivity contribution in [1.82, 2.24) is 4.90 Å². The van der Waals surface area contributed by atoms with Crippen LogP contribution in [-0.2, 0) is 20.5 Å². The summed E-state index contributed by atoms with van der Waals surface area (Å²) >= 11 is 0. The fourth-order valence-corrected chi connectivity index (χ4v) is 7.89. The number of rotatable bonds is 5. The molecule has 198 valence electrons. The van der Waals surface area contributed by atoms with Crippen molar-refractivity contribution in [3.63, 3.8) is 0 Å². The van der Waals surface area contributed by atoms with Gasteiger partial charge in [0.05, 0.1) is 12.5 Å². The van der Waals surface area contributed by atoms with E-state index in [0.717, 1.165) is 36.1 Å². The number of ether oxygens (including phenoxy) is 1. The van der Waals surface area contributed by atoms with Crippen LogP contribution in [0.1, 0.15) is 53.2 Å². The van der Waals surface area contributed by atoms with Gasteiger partial charge in [-0.15, -0.1) is 0 Å². The Balaban J connectivity index is 1.52. The van der Waals surface area contributed by atoms with Crippen LogP contribution in [-0.4, -0.2) is 41.7 Å². The Morgan fingerprint density at radius 1 is 1.00 bits per heavy atom. The summed E-state index contributed by atoms with van der Waals surface area (Å²) in [7, 11) is 0. The van der Waals surface area contributed by atoms with Crippen LogP contribution in [0, 0.1) is 12.8 Å². The van der Waals surface area contributed by atoms with Gasteiger partial charge in [0, 0.05) is 28.5 Å². The molecule has 2 spiro atoms. The van der Waals surface area contributed by atoms with E-state index in [-0.39, 0.29) is 23.6 Å². The van der Waals surface area contributed by atoms with Gasteiger partial charge in [0.1, 0.15) is 16.7 Å². The van der Waals surface area contributed by atoms with Crippen LogP contribution in [0.3, 0.4) is 0 Å². The van der Waals surface area contributed by atoms with Crippen molar-refractivity contribution < 1.29 is 19.1 Å². The number of nitrogens with one attached hydrogen (secondary N) is 2. The second-order valence-electron chi connectivity index (χ2n) is 11.1. The molecule has 3 aromatic carbocycles.